The van der Waals surface area contributed by atoms with Crippen LogP contribution in [0.1, 0.15) is 5.56 Å². The Morgan fingerprint density at radius 3 is 2.64 bits per heavy atom. The molecule has 3 nitrogen and oxygen atoms in total. The van der Waals surface area contributed by atoms with Crippen molar-refractivity contribution in [1.29, 1.82) is 0 Å². The number of thioether (sulfide) groups is 1. The molecule has 0 heterocycles. The van der Waals surface area contributed by atoms with Crippen LogP contribution in [0.5, 0.6) is 5.75 Å². The number of aryl methyl sites for hydroxylation is 1. The summed E-state index contributed by atoms with van der Waals surface area (Å²) in [4.78, 5) is 12.2. The molecule has 0 saturated heterocycles. The highest BCUT2D eigenvalue weighted by atomic mass is 32.2. The van der Waals surface area contributed by atoms with E-state index in [1.165, 1.54) is 23.4 Å². The maximum absolute atomic E-state index is 13.4. The highest BCUT2D eigenvalue weighted by Crippen LogP contribution is 2.20. The van der Waals surface area contributed by atoms with E-state index in [-0.39, 0.29) is 17.5 Å². The van der Waals surface area contributed by atoms with Crippen LogP contribution in [0.3, 0.4) is 0 Å². The number of hydrogen-bond acceptors (Lipinski definition) is 3. The van der Waals surface area contributed by atoms with Crippen LogP contribution in [0.25, 0.3) is 0 Å². The zero-order valence-corrected chi connectivity index (χ0v) is 13.2. The predicted octanol–water partition coefficient (Wildman–Crippen LogP) is 3.42. The quantitative estimate of drug-likeness (QED) is 0.628. The van der Waals surface area contributed by atoms with Crippen molar-refractivity contribution in [1.82, 2.24) is 5.32 Å². The highest BCUT2D eigenvalue weighted by Gasteiger charge is 2.05. The van der Waals surface area contributed by atoms with Gasteiger partial charge in [-0.1, -0.05) is 29.8 Å². The second kappa shape index (κ2) is 8.44. The molecule has 0 bridgehead atoms. The Morgan fingerprint density at radius 2 is 1.91 bits per heavy atom. The van der Waals surface area contributed by atoms with Crippen molar-refractivity contribution in [2.45, 2.75) is 11.8 Å². The summed E-state index contributed by atoms with van der Waals surface area (Å²) in [6.45, 7) is 2.83. The summed E-state index contributed by atoms with van der Waals surface area (Å²) in [5.74, 6) is 0.523. The summed E-state index contributed by atoms with van der Waals surface area (Å²) in [6.07, 6.45) is 0. The topological polar surface area (TPSA) is 38.3 Å². The fourth-order valence-electron chi connectivity index (χ4n) is 1.75. The zero-order valence-electron chi connectivity index (χ0n) is 12.3. The Morgan fingerprint density at radius 1 is 1.18 bits per heavy atom. The summed E-state index contributed by atoms with van der Waals surface area (Å²) < 4.78 is 18.9. The molecule has 116 valence electrons. The summed E-state index contributed by atoms with van der Waals surface area (Å²) in [7, 11) is 0. The van der Waals surface area contributed by atoms with Crippen LogP contribution in [0.15, 0.2) is 53.4 Å². The van der Waals surface area contributed by atoms with Gasteiger partial charge in [0.15, 0.2) is 0 Å². The molecule has 2 aromatic carbocycles. The molecule has 5 heteroatoms. The Bertz CT molecular complexity index is 616. The van der Waals surface area contributed by atoms with Crippen molar-refractivity contribution >= 4 is 17.7 Å². The van der Waals surface area contributed by atoms with E-state index in [0.29, 0.717) is 18.0 Å². The van der Waals surface area contributed by atoms with Gasteiger partial charge in [-0.2, -0.15) is 0 Å². The Hall–Kier alpha value is -2.01. The number of hydrogen-bond donors (Lipinski definition) is 1. The fraction of sp³-hybridized carbons (Fsp3) is 0.235. The molecule has 0 aromatic heterocycles. The number of carbonyl (C=O) groups excluding carboxylic acids is 1. The lowest BCUT2D eigenvalue weighted by Crippen LogP contribution is -2.29. The van der Waals surface area contributed by atoms with Crippen molar-refractivity contribution in [3.63, 3.8) is 0 Å². The average Bonchev–Trinajstić information content (AvgIpc) is 2.52. The number of halogens is 1. The average molecular weight is 319 g/mol. The van der Waals surface area contributed by atoms with Crippen molar-refractivity contribution in [3.8, 4) is 5.75 Å². The van der Waals surface area contributed by atoms with Gasteiger partial charge in [0.05, 0.1) is 12.3 Å². The molecule has 1 amide bonds. The third kappa shape index (κ3) is 5.41. The van der Waals surface area contributed by atoms with Crippen LogP contribution in [0, 0.1) is 12.7 Å². The number of rotatable bonds is 7. The first kappa shape index (κ1) is 16.4. The largest absolute Gasteiger partial charge is 0.492 e. The number of nitrogens with one attached hydrogen (secondary N) is 1. The van der Waals surface area contributed by atoms with Crippen LogP contribution >= 0.6 is 11.8 Å². The molecule has 0 spiro atoms. The first-order chi connectivity index (χ1) is 10.6. The molecular formula is C17H18FNO2S. The fourth-order valence-corrected chi connectivity index (χ4v) is 2.52. The van der Waals surface area contributed by atoms with Crippen molar-refractivity contribution in [2.75, 3.05) is 18.9 Å². The monoisotopic (exact) mass is 319 g/mol. The Balaban J connectivity index is 1.64. The molecule has 2 rings (SSSR count). The van der Waals surface area contributed by atoms with Crippen LogP contribution in [-0.4, -0.2) is 24.8 Å². The number of carbonyl (C=O) groups is 1. The van der Waals surface area contributed by atoms with E-state index < -0.39 is 0 Å². The molecule has 1 N–H and O–H groups in total. The van der Waals surface area contributed by atoms with Gasteiger partial charge in [-0.25, -0.2) is 4.39 Å². The minimum Gasteiger partial charge on any atom is -0.492 e. The molecule has 0 unspecified atom stereocenters. The van der Waals surface area contributed by atoms with Crippen LogP contribution < -0.4 is 10.1 Å². The van der Waals surface area contributed by atoms with E-state index in [2.05, 4.69) is 5.32 Å². The van der Waals surface area contributed by atoms with Gasteiger partial charge in [0.1, 0.15) is 18.2 Å². The van der Waals surface area contributed by atoms with E-state index in [4.69, 9.17) is 4.74 Å². The van der Waals surface area contributed by atoms with Gasteiger partial charge in [0.25, 0.3) is 0 Å². The van der Waals surface area contributed by atoms with Crippen molar-refractivity contribution in [2.24, 2.45) is 0 Å². The van der Waals surface area contributed by atoms with Gasteiger partial charge in [-0.15, -0.1) is 11.8 Å². The van der Waals surface area contributed by atoms with Gasteiger partial charge in [-0.3, -0.25) is 4.79 Å². The lowest BCUT2D eigenvalue weighted by Gasteiger charge is -2.08. The molecule has 0 radical (unpaired) electrons. The second-order valence-electron chi connectivity index (χ2n) is 4.73. The van der Waals surface area contributed by atoms with Crippen LogP contribution in [-0.2, 0) is 4.79 Å². The number of ether oxygens (including phenoxy) is 1. The first-order valence-electron chi connectivity index (χ1n) is 6.98. The summed E-state index contributed by atoms with van der Waals surface area (Å²) in [5.41, 5.74) is 1.17. The van der Waals surface area contributed by atoms with E-state index in [9.17, 15) is 9.18 Å². The van der Waals surface area contributed by atoms with Gasteiger partial charge in [0.2, 0.25) is 5.91 Å². The lowest BCUT2D eigenvalue weighted by atomic mass is 10.2. The molecule has 0 aliphatic rings. The molecule has 0 fully saturated rings. The molecular weight excluding hydrogens is 301 g/mol. The third-order valence-corrected chi connectivity index (χ3v) is 3.96. The van der Waals surface area contributed by atoms with Crippen LogP contribution in [0.2, 0.25) is 0 Å². The summed E-state index contributed by atoms with van der Waals surface area (Å²) in [6, 6.07) is 14.2. The molecule has 2 aromatic rings. The van der Waals surface area contributed by atoms with Crippen LogP contribution in [0.4, 0.5) is 4.39 Å². The Labute approximate surface area is 133 Å². The summed E-state index contributed by atoms with van der Waals surface area (Å²) >= 11 is 1.18. The number of amides is 1. The molecule has 0 aliphatic heterocycles. The van der Waals surface area contributed by atoms with Crippen molar-refractivity contribution < 1.29 is 13.9 Å². The maximum Gasteiger partial charge on any atom is 0.230 e. The molecule has 0 saturated carbocycles. The van der Waals surface area contributed by atoms with Crippen molar-refractivity contribution in [3.05, 3.63) is 59.9 Å². The minimum atomic E-state index is -0.303. The van der Waals surface area contributed by atoms with Gasteiger partial charge in [-0.05, 0) is 31.2 Å². The maximum atomic E-state index is 13.4. The highest BCUT2D eigenvalue weighted by molar-refractivity contribution is 8.00. The molecule has 22 heavy (non-hydrogen) atoms. The van der Waals surface area contributed by atoms with E-state index in [1.54, 1.807) is 18.2 Å². The third-order valence-electron chi connectivity index (χ3n) is 2.91. The minimum absolute atomic E-state index is 0.138. The number of benzene rings is 2. The normalized spacial score (nSPS) is 10.3. The predicted molar refractivity (Wildman–Crippen MR) is 86.8 cm³/mol. The first-order valence-corrected chi connectivity index (χ1v) is 7.97. The van der Waals surface area contributed by atoms with E-state index >= 15 is 0 Å². The van der Waals surface area contributed by atoms with Gasteiger partial charge in [0, 0.05) is 4.90 Å². The van der Waals surface area contributed by atoms with Gasteiger partial charge >= 0.3 is 0 Å². The lowest BCUT2D eigenvalue weighted by molar-refractivity contribution is -0.118. The molecule has 0 aliphatic carbocycles. The van der Waals surface area contributed by atoms with E-state index in [0.717, 1.165) is 5.75 Å². The summed E-state index contributed by atoms with van der Waals surface area (Å²) in [5, 5.41) is 2.75. The SMILES string of the molecule is Cc1ccc(OCCNC(=O)CSc2ccccc2F)cc1. The molecule has 0 atom stereocenters. The smallest absolute Gasteiger partial charge is 0.230 e. The standard InChI is InChI=1S/C17H18FNO2S/c1-13-6-8-14(9-7-13)21-11-10-19-17(20)12-22-16-5-3-2-4-15(16)18/h2-9H,10-12H2,1H3,(H,19,20). The van der Waals surface area contributed by atoms with Gasteiger partial charge < -0.3 is 10.1 Å². The second-order valence-corrected chi connectivity index (χ2v) is 5.75. The Kier molecular flexibility index (Phi) is 6.27. The van der Waals surface area contributed by atoms with E-state index in [1.807, 2.05) is 31.2 Å². The zero-order chi connectivity index (χ0) is 15.8.